The largest absolute Gasteiger partial charge is 0.459 e. The molecule has 1 heterocycles. The lowest BCUT2D eigenvalue weighted by molar-refractivity contribution is -0.291. The Morgan fingerprint density at radius 2 is 1.48 bits per heavy atom. The van der Waals surface area contributed by atoms with E-state index < -0.39 is 27.6 Å². The molecule has 0 saturated heterocycles. The molecule has 1 aromatic heterocycles. The first-order valence-electron chi connectivity index (χ1n) is 7.92. The Labute approximate surface area is 167 Å². The molecule has 0 bridgehead atoms. The molecule has 29 heavy (non-hydrogen) atoms. The van der Waals surface area contributed by atoms with E-state index in [2.05, 4.69) is 5.10 Å². The molecular formula is C18H12ClF5N2O2S. The van der Waals surface area contributed by atoms with Gasteiger partial charge in [-0.25, -0.2) is 13.1 Å². The van der Waals surface area contributed by atoms with Crippen molar-refractivity contribution in [2.45, 2.75) is 17.0 Å². The highest BCUT2D eigenvalue weighted by Gasteiger charge is 2.60. The van der Waals surface area contributed by atoms with E-state index in [1.165, 1.54) is 48.5 Å². The topological polar surface area (TPSA) is 52.0 Å². The summed E-state index contributed by atoms with van der Waals surface area (Å²) < 4.78 is 90.3. The number of halogens is 6. The van der Waals surface area contributed by atoms with Gasteiger partial charge in [0.2, 0.25) is 0 Å². The van der Waals surface area contributed by atoms with Crippen LogP contribution in [0.1, 0.15) is 5.69 Å². The van der Waals surface area contributed by atoms with Crippen molar-refractivity contribution in [2.75, 3.05) is 6.26 Å². The van der Waals surface area contributed by atoms with Crippen LogP contribution in [-0.2, 0) is 15.8 Å². The first kappa shape index (κ1) is 21.3. The minimum absolute atomic E-state index is 0.0395. The molecule has 0 spiro atoms. The number of sulfone groups is 1. The van der Waals surface area contributed by atoms with Gasteiger partial charge in [-0.1, -0.05) is 23.7 Å². The molecule has 154 valence electrons. The van der Waals surface area contributed by atoms with Crippen molar-refractivity contribution in [3.8, 4) is 16.9 Å². The fraction of sp³-hybridized carbons (Fsp3) is 0.167. The van der Waals surface area contributed by atoms with Crippen molar-refractivity contribution >= 4 is 21.4 Å². The minimum Gasteiger partial charge on any atom is -0.233 e. The number of hydrogen-bond acceptors (Lipinski definition) is 3. The van der Waals surface area contributed by atoms with Crippen LogP contribution in [-0.4, -0.2) is 30.6 Å². The molecule has 0 aliphatic rings. The van der Waals surface area contributed by atoms with Crippen LogP contribution in [0.25, 0.3) is 16.9 Å². The highest BCUT2D eigenvalue weighted by atomic mass is 35.5. The van der Waals surface area contributed by atoms with Crippen LogP contribution in [0.5, 0.6) is 0 Å². The van der Waals surface area contributed by atoms with Crippen LogP contribution in [0.2, 0.25) is 5.02 Å². The summed E-state index contributed by atoms with van der Waals surface area (Å²) in [5.74, 6) is -5.17. The van der Waals surface area contributed by atoms with Crippen molar-refractivity contribution in [1.29, 1.82) is 0 Å². The second kappa shape index (κ2) is 7.10. The van der Waals surface area contributed by atoms with Crippen molar-refractivity contribution in [2.24, 2.45) is 0 Å². The summed E-state index contributed by atoms with van der Waals surface area (Å²) in [5.41, 5.74) is -1.14. The van der Waals surface area contributed by atoms with E-state index in [1.54, 1.807) is 0 Å². The van der Waals surface area contributed by atoms with Gasteiger partial charge >= 0.3 is 12.1 Å². The molecule has 0 fully saturated rings. The molecule has 0 aliphatic carbocycles. The lowest BCUT2D eigenvalue weighted by atomic mass is 10.1. The van der Waals surface area contributed by atoms with Crippen molar-refractivity contribution in [1.82, 2.24) is 9.78 Å². The third-order valence-corrected chi connectivity index (χ3v) is 5.42. The molecule has 0 amide bonds. The molecule has 4 nitrogen and oxygen atoms in total. The SMILES string of the molecule is CS(=O)(=O)c1ccc(-n2nc(C(F)(F)C(F)(F)F)cc2-c2ccc(Cl)cc2)cc1. The second-order valence-electron chi connectivity index (χ2n) is 6.17. The van der Waals surface area contributed by atoms with Gasteiger partial charge < -0.3 is 0 Å². The lowest BCUT2D eigenvalue weighted by Crippen LogP contribution is -2.34. The van der Waals surface area contributed by atoms with Crippen LogP contribution >= 0.6 is 11.6 Å². The standard InChI is InChI=1S/C18H12ClF5N2O2S/c1-29(27,28)14-8-6-13(7-9-14)26-15(11-2-4-12(19)5-3-11)10-16(25-26)17(20,21)18(22,23)24/h2-10H,1H3. The second-order valence-corrected chi connectivity index (χ2v) is 8.62. The van der Waals surface area contributed by atoms with E-state index in [9.17, 15) is 30.4 Å². The molecule has 0 saturated carbocycles. The molecule has 2 aromatic carbocycles. The normalized spacial score (nSPS) is 12.9. The molecule has 0 aliphatic heterocycles. The summed E-state index contributed by atoms with van der Waals surface area (Å²) in [7, 11) is -3.52. The number of nitrogens with zero attached hydrogens (tertiary/aromatic N) is 2. The lowest BCUT2D eigenvalue weighted by Gasteiger charge is -2.16. The summed E-state index contributed by atoms with van der Waals surface area (Å²) >= 11 is 5.81. The third-order valence-electron chi connectivity index (χ3n) is 4.04. The van der Waals surface area contributed by atoms with Crippen LogP contribution < -0.4 is 0 Å². The highest BCUT2D eigenvalue weighted by Crippen LogP contribution is 2.44. The number of benzene rings is 2. The van der Waals surface area contributed by atoms with Crippen LogP contribution in [0.15, 0.2) is 59.5 Å². The fourth-order valence-electron chi connectivity index (χ4n) is 2.54. The highest BCUT2D eigenvalue weighted by molar-refractivity contribution is 7.90. The van der Waals surface area contributed by atoms with E-state index >= 15 is 0 Å². The number of hydrogen-bond donors (Lipinski definition) is 0. The van der Waals surface area contributed by atoms with Gasteiger partial charge in [-0.15, -0.1) is 0 Å². The maximum absolute atomic E-state index is 13.9. The molecule has 3 aromatic rings. The van der Waals surface area contributed by atoms with E-state index in [4.69, 9.17) is 11.6 Å². The first-order chi connectivity index (χ1) is 13.3. The predicted molar refractivity (Wildman–Crippen MR) is 97.1 cm³/mol. The maximum atomic E-state index is 13.9. The number of aromatic nitrogens is 2. The molecule has 0 unspecified atom stereocenters. The third kappa shape index (κ3) is 4.13. The summed E-state index contributed by atoms with van der Waals surface area (Å²) in [6.45, 7) is 0. The minimum atomic E-state index is -5.83. The van der Waals surface area contributed by atoms with E-state index in [0.29, 0.717) is 16.7 Å². The average Bonchev–Trinajstić information content (AvgIpc) is 3.07. The van der Waals surface area contributed by atoms with Gasteiger partial charge in [0.25, 0.3) is 0 Å². The Hall–Kier alpha value is -2.46. The average molecular weight is 451 g/mol. The van der Waals surface area contributed by atoms with Crippen LogP contribution in [0.4, 0.5) is 22.0 Å². The molecular weight excluding hydrogens is 439 g/mol. The zero-order chi connectivity index (χ0) is 21.6. The zero-order valence-corrected chi connectivity index (χ0v) is 16.2. The molecule has 3 rings (SSSR count). The van der Waals surface area contributed by atoms with E-state index in [1.807, 2.05) is 0 Å². The van der Waals surface area contributed by atoms with Crippen molar-refractivity contribution < 1.29 is 30.4 Å². The quantitative estimate of drug-likeness (QED) is 0.510. The van der Waals surface area contributed by atoms with Crippen molar-refractivity contribution in [3.05, 3.63) is 65.3 Å². The van der Waals surface area contributed by atoms with E-state index in [-0.39, 0.29) is 16.3 Å². The van der Waals surface area contributed by atoms with E-state index in [0.717, 1.165) is 10.9 Å². The Morgan fingerprint density at radius 3 is 1.97 bits per heavy atom. The van der Waals surface area contributed by atoms with Gasteiger partial charge in [0.05, 0.1) is 16.3 Å². The Bertz CT molecular complexity index is 1140. The number of rotatable bonds is 4. The molecule has 0 radical (unpaired) electrons. The fourth-order valence-corrected chi connectivity index (χ4v) is 3.29. The number of alkyl halides is 5. The van der Waals surface area contributed by atoms with Gasteiger partial charge in [-0.2, -0.15) is 27.1 Å². The summed E-state index contributed by atoms with van der Waals surface area (Å²) in [5, 5.41) is 3.82. The zero-order valence-electron chi connectivity index (χ0n) is 14.6. The van der Waals surface area contributed by atoms with Gasteiger partial charge in [-0.3, -0.25) is 0 Å². The Balaban J connectivity index is 2.20. The Morgan fingerprint density at radius 1 is 0.931 bits per heavy atom. The summed E-state index contributed by atoms with van der Waals surface area (Å²) in [6.07, 6.45) is -4.85. The van der Waals surface area contributed by atoms with Crippen molar-refractivity contribution in [3.63, 3.8) is 0 Å². The predicted octanol–water partition coefficient (Wildman–Crippen LogP) is 5.25. The van der Waals surface area contributed by atoms with Gasteiger partial charge in [0, 0.05) is 16.8 Å². The molecule has 0 N–H and O–H groups in total. The van der Waals surface area contributed by atoms with Crippen LogP contribution in [0, 0.1) is 0 Å². The summed E-state index contributed by atoms with van der Waals surface area (Å²) in [6, 6.07) is 11.4. The monoisotopic (exact) mass is 450 g/mol. The maximum Gasteiger partial charge on any atom is 0.459 e. The van der Waals surface area contributed by atoms with Gasteiger partial charge in [0.15, 0.2) is 9.84 Å². The van der Waals surface area contributed by atoms with Gasteiger partial charge in [0.1, 0.15) is 5.69 Å². The molecule has 11 heteroatoms. The first-order valence-corrected chi connectivity index (χ1v) is 10.2. The van der Waals surface area contributed by atoms with Crippen LogP contribution in [0.3, 0.4) is 0 Å². The molecule has 0 atom stereocenters. The van der Waals surface area contributed by atoms with Gasteiger partial charge in [-0.05, 0) is 42.5 Å². The summed E-state index contributed by atoms with van der Waals surface area (Å²) in [4.78, 5) is -0.0395. The smallest absolute Gasteiger partial charge is 0.233 e. The Kier molecular flexibility index (Phi) is 5.20.